The van der Waals surface area contributed by atoms with E-state index >= 15 is 0 Å². The lowest BCUT2D eigenvalue weighted by Gasteiger charge is -2.13. The summed E-state index contributed by atoms with van der Waals surface area (Å²) >= 11 is 0. The molecule has 1 heterocycles. The number of allylic oxidation sites excluding steroid dienone is 2. The Bertz CT molecular complexity index is 547. The summed E-state index contributed by atoms with van der Waals surface area (Å²) in [6.45, 7) is 0. The van der Waals surface area contributed by atoms with Gasteiger partial charge in [-0.15, -0.1) is 0 Å². The van der Waals surface area contributed by atoms with Crippen LogP contribution < -0.4 is 10.9 Å². The van der Waals surface area contributed by atoms with E-state index in [1.54, 1.807) is 12.3 Å². The fourth-order valence-electron chi connectivity index (χ4n) is 1.24. The average molecular weight is 240 g/mol. The lowest BCUT2D eigenvalue weighted by molar-refractivity contribution is 0.592. The van der Waals surface area contributed by atoms with E-state index in [9.17, 15) is 12.8 Å². The molecule has 0 bridgehead atoms. The Morgan fingerprint density at radius 1 is 1.12 bits per heavy atom. The van der Waals surface area contributed by atoms with Crippen molar-refractivity contribution in [3.05, 3.63) is 53.5 Å². The van der Waals surface area contributed by atoms with Crippen LogP contribution in [-0.2, 0) is 9.84 Å². The van der Waals surface area contributed by atoms with Crippen LogP contribution in [0.3, 0.4) is 0 Å². The van der Waals surface area contributed by atoms with E-state index in [4.69, 9.17) is 0 Å². The van der Waals surface area contributed by atoms with Crippen molar-refractivity contribution in [1.82, 2.24) is 10.9 Å². The molecule has 0 atom stereocenters. The maximum atomic E-state index is 12.7. The molecule has 0 unspecified atom stereocenters. The number of hydrazine groups is 1. The summed E-state index contributed by atoms with van der Waals surface area (Å²) in [6, 6.07) is 4.68. The van der Waals surface area contributed by atoms with Crippen molar-refractivity contribution in [2.75, 3.05) is 0 Å². The van der Waals surface area contributed by atoms with Crippen LogP contribution in [0.1, 0.15) is 0 Å². The van der Waals surface area contributed by atoms with Gasteiger partial charge in [-0.1, -0.05) is 0 Å². The number of hydrogen-bond acceptors (Lipinski definition) is 4. The van der Waals surface area contributed by atoms with Crippen molar-refractivity contribution in [1.29, 1.82) is 0 Å². The molecule has 0 saturated carbocycles. The SMILES string of the molecule is O=S(=O)(C1=CC=CNN1)c1ccc(F)cc1. The molecular weight excluding hydrogens is 231 g/mol. The van der Waals surface area contributed by atoms with Crippen molar-refractivity contribution < 1.29 is 12.8 Å². The molecule has 84 valence electrons. The van der Waals surface area contributed by atoms with Gasteiger partial charge >= 0.3 is 0 Å². The molecule has 4 nitrogen and oxygen atoms in total. The standard InChI is InChI=1S/C10H9FN2O2S/c11-8-3-5-9(6-4-8)16(14,15)10-2-1-7-12-13-10/h1-7,12-13H. The Kier molecular flexibility index (Phi) is 2.66. The van der Waals surface area contributed by atoms with Crippen LogP contribution in [-0.4, -0.2) is 8.42 Å². The van der Waals surface area contributed by atoms with Crippen LogP contribution in [0.2, 0.25) is 0 Å². The lowest BCUT2D eigenvalue weighted by atomic mass is 10.4. The molecule has 2 rings (SSSR count). The van der Waals surface area contributed by atoms with E-state index in [0.29, 0.717) is 0 Å². The van der Waals surface area contributed by atoms with E-state index in [1.807, 2.05) is 0 Å². The van der Waals surface area contributed by atoms with Crippen molar-refractivity contribution in [2.45, 2.75) is 4.90 Å². The highest BCUT2D eigenvalue weighted by atomic mass is 32.2. The van der Waals surface area contributed by atoms with E-state index in [2.05, 4.69) is 10.9 Å². The Balaban J connectivity index is 2.42. The quantitative estimate of drug-likeness (QED) is 0.759. The average Bonchev–Trinajstić information content (AvgIpc) is 2.31. The van der Waals surface area contributed by atoms with Gasteiger partial charge in [-0.3, -0.25) is 5.43 Å². The van der Waals surface area contributed by atoms with E-state index in [0.717, 1.165) is 12.1 Å². The zero-order chi connectivity index (χ0) is 11.6. The summed E-state index contributed by atoms with van der Waals surface area (Å²) in [6.07, 6.45) is 4.55. The van der Waals surface area contributed by atoms with Crippen LogP contribution >= 0.6 is 0 Å². The number of nitrogens with one attached hydrogen (secondary N) is 2. The van der Waals surface area contributed by atoms with Crippen LogP contribution in [0.5, 0.6) is 0 Å². The van der Waals surface area contributed by atoms with Crippen molar-refractivity contribution in [3.8, 4) is 0 Å². The molecule has 0 fully saturated rings. The first-order valence-corrected chi connectivity index (χ1v) is 5.98. The molecular formula is C10H9FN2O2S. The zero-order valence-electron chi connectivity index (χ0n) is 8.14. The monoisotopic (exact) mass is 240 g/mol. The second kappa shape index (κ2) is 3.97. The highest BCUT2D eigenvalue weighted by Crippen LogP contribution is 2.18. The van der Waals surface area contributed by atoms with Gasteiger partial charge in [0.25, 0.3) is 0 Å². The number of sulfone groups is 1. The van der Waals surface area contributed by atoms with E-state index in [1.165, 1.54) is 18.2 Å². The molecule has 1 aromatic carbocycles. The third-order valence-corrected chi connectivity index (χ3v) is 3.75. The first kappa shape index (κ1) is 10.7. The van der Waals surface area contributed by atoms with Crippen molar-refractivity contribution in [2.24, 2.45) is 0 Å². The van der Waals surface area contributed by atoms with Crippen LogP contribution in [0.25, 0.3) is 0 Å². The molecule has 1 aliphatic heterocycles. The highest BCUT2D eigenvalue weighted by molar-refractivity contribution is 7.95. The normalized spacial score (nSPS) is 14.9. The second-order valence-corrected chi connectivity index (χ2v) is 5.03. The van der Waals surface area contributed by atoms with Gasteiger partial charge in [0.1, 0.15) is 5.82 Å². The minimum Gasteiger partial charge on any atom is -0.308 e. The molecule has 0 radical (unpaired) electrons. The summed E-state index contributed by atoms with van der Waals surface area (Å²) in [5.41, 5.74) is 5.09. The summed E-state index contributed by atoms with van der Waals surface area (Å²) < 4.78 is 36.6. The fraction of sp³-hybridized carbons (Fsp3) is 0. The summed E-state index contributed by atoms with van der Waals surface area (Å²) in [5, 5.41) is 0.0293. The first-order valence-electron chi connectivity index (χ1n) is 4.50. The maximum Gasteiger partial charge on any atom is 0.223 e. The lowest BCUT2D eigenvalue weighted by Crippen LogP contribution is -2.32. The molecule has 1 aromatic rings. The molecule has 0 aliphatic carbocycles. The number of hydrogen-bond donors (Lipinski definition) is 2. The van der Waals surface area contributed by atoms with Gasteiger partial charge in [-0.25, -0.2) is 12.8 Å². The van der Waals surface area contributed by atoms with Crippen LogP contribution in [0, 0.1) is 5.82 Å². The third kappa shape index (κ3) is 1.92. The fourth-order valence-corrected chi connectivity index (χ4v) is 2.43. The van der Waals surface area contributed by atoms with Gasteiger partial charge < -0.3 is 5.43 Å². The summed E-state index contributed by atoms with van der Waals surface area (Å²) in [4.78, 5) is 0.0461. The summed E-state index contributed by atoms with van der Waals surface area (Å²) in [7, 11) is -3.61. The Morgan fingerprint density at radius 2 is 1.81 bits per heavy atom. The Morgan fingerprint density at radius 3 is 2.38 bits per heavy atom. The van der Waals surface area contributed by atoms with Gasteiger partial charge in [0.2, 0.25) is 9.84 Å². The third-order valence-electron chi connectivity index (χ3n) is 2.04. The van der Waals surface area contributed by atoms with Crippen LogP contribution in [0.15, 0.2) is 52.5 Å². The molecule has 0 aromatic heterocycles. The molecule has 0 spiro atoms. The van der Waals surface area contributed by atoms with E-state index < -0.39 is 15.7 Å². The zero-order valence-corrected chi connectivity index (χ0v) is 8.96. The largest absolute Gasteiger partial charge is 0.308 e. The smallest absolute Gasteiger partial charge is 0.223 e. The van der Waals surface area contributed by atoms with Gasteiger partial charge in [0.05, 0.1) is 4.90 Å². The second-order valence-electron chi connectivity index (χ2n) is 3.12. The maximum absolute atomic E-state index is 12.7. The minimum atomic E-state index is -3.61. The topological polar surface area (TPSA) is 58.2 Å². The molecule has 1 aliphatic rings. The van der Waals surface area contributed by atoms with Gasteiger partial charge in [-0.2, -0.15) is 0 Å². The number of benzene rings is 1. The molecule has 0 saturated heterocycles. The first-order chi connectivity index (χ1) is 7.60. The molecule has 0 amide bonds. The number of rotatable bonds is 2. The predicted octanol–water partition coefficient (Wildman–Crippen LogP) is 1.06. The molecule has 16 heavy (non-hydrogen) atoms. The van der Waals surface area contributed by atoms with Gasteiger partial charge in [0.15, 0.2) is 5.03 Å². The summed E-state index contributed by atoms with van der Waals surface area (Å²) in [5.74, 6) is -0.470. The van der Waals surface area contributed by atoms with Gasteiger partial charge in [0, 0.05) is 6.20 Å². The van der Waals surface area contributed by atoms with Crippen molar-refractivity contribution in [3.63, 3.8) is 0 Å². The molecule has 6 heteroatoms. The number of halogens is 1. The van der Waals surface area contributed by atoms with Crippen LogP contribution in [0.4, 0.5) is 4.39 Å². The molecule has 2 N–H and O–H groups in total. The Hall–Kier alpha value is -1.82. The predicted molar refractivity (Wildman–Crippen MR) is 57.1 cm³/mol. The van der Waals surface area contributed by atoms with Gasteiger partial charge in [-0.05, 0) is 36.4 Å². The highest BCUT2D eigenvalue weighted by Gasteiger charge is 2.20. The Labute approximate surface area is 92.4 Å². The van der Waals surface area contributed by atoms with E-state index in [-0.39, 0.29) is 9.92 Å². The minimum absolute atomic E-state index is 0.0293. The van der Waals surface area contributed by atoms with Crippen molar-refractivity contribution >= 4 is 9.84 Å².